The van der Waals surface area contributed by atoms with Crippen molar-refractivity contribution in [2.75, 3.05) is 33.2 Å². The molecule has 1 aliphatic rings. The predicted molar refractivity (Wildman–Crippen MR) is 64.8 cm³/mol. The molecule has 86 valence electrons. The van der Waals surface area contributed by atoms with Gasteiger partial charge in [0.05, 0.1) is 0 Å². The first-order valence-corrected chi connectivity index (χ1v) is 6.20. The molecular formula is C12H28N2. The number of hydrogen-bond donors (Lipinski definition) is 0. The Kier molecular flexibility index (Phi) is 8.20. The third-order valence-corrected chi connectivity index (χ3v) is 2.84. The lowest BCUT2D eigenvalue weighted by atomic mass is 10.1. The van der Waals surface area contributed by atoms with Crippen molar-refractivity contribution in [2.24, 2.45) is 0 Å². The molecule has 0 spiro atoms. The maximum absolute atomic E-state index is 2.61. The summed E-state index contributed by atoms with van der Waals surface area (Å²) in [5, 5.41) is 0. The van der Waals surface area contributed by atoms with Crippen LogP contribution in [0.15, 0.2) is 0 Å². The molecule has 1 heterocycles. The minimum Gasteiger partial charge on any atom is -0.304 e. The van der Waals surface area contributed by atoms with Crippen molar-refractivity contribution in [2.45, 2.75) is 46.6 Å². The third-order valence-electron chi connectivity index (χ3n) is 2.84. The Morgan fingerprint density at radius 1 is 1.14 bits per heavy atom. The van der Waals surface area contributed by atoms with E-state index >= 15 is 0 Å². The maximum atomic E-state index is 2.61. The van der Waals surface area contributed by atoms with Crippen LogP contribution < -0.4 is 0 Å². The van der Waals surface area contributed by atoms with E-state index in [1.807, 2.05) is 13.8 Å². The van der Waals surface area contributed by atoms with Crippen LogP contribution in [0.5, 0.6) is 0 Å². The van der Waals surface area contributed by atoms with E-state index in [4.69, 9.17) is 0 Å². The number of nitrogens with zero attached hydrogens (tertiary/aromatic N) is 2. The van der Waals surface area contributed by atoms with E-state index in [-0.39, 0.29) is 0 Å². The fraction of sp³-hybridized carbons (Fsp3) is 1.00. The molecule has 0 aromatic rings. The van der Waals surface area contributed by atoms with E-state index < -0.39 is 0 Å². The molecule has 2 heteroatoms. The second-order valence-electron chi connectivity index (χ2n) is 3.83. The van der Waals surface area contributed by atoms with Gasteiger partial charge in [0.2, 0.25) is 0 Å². The third kappa shape index (κ3) is 4.43. The molecule has 0 radical (unpaired) electrons. The Labute approximate surface area is 90.3 Å². The van der Waals surface area contributed by atoms with E-state index in [1.54, 1.807) is 0 Å². The van der Waals surface area contributed by atoms with Gasteiger partial charge >= 0.3 is 0 Å². The SMILES string of the molecule is CC.CCCC1CN(C)CCN1CC. The molecule has 1 rings (SSSR count). The monoisotopic (exact) mass is 200 g/mol. The maximum Gasteiger partial charge on any atom is 0.0223 e. The summed E-state index contributed by atoms with van der Waals surface area (Å²) < 4.78 is 0. The van der Waals surface area contributed by atoms with Gasteiger partial charge in [-0.1, -0.05) is 34.1 Å². The Hall–Kier alpha value is -0.0800. The largest absolute Gasteiger partial charge is 0.304 e. The quantitative estimate of drug-likeness (QED) is 0.690. The summed E-state index contributed by atoms with van der Waals surface area (Å²) in [7, 11) is 2.23. The van der Waals surface area contributed by atoms with Crippen molar-refractivity contribution in [3.05, 3.63) is 0 Å². The van der Waals surface area contributed by atoms with Crippen molar-refractivity contribution in [1.29, 1.82) is 0 Å². The Bertz CT molecular complexity index is 125. The van der Waals surface area contributed by atoms with Gasteiger partial charge in [0.1, 0.15) is 0 Å². The van der Waals surface area contributed by atoms with Gasteiger partial charge < -0.3 is 4.90 Å². The van der Waals surface area contributed by atoms with Crippen LogP contribution in [-0.4, -0.2) is 49.1 Å². The molecule has 0 aromatic carbocycles. The van der Waals surface area contributed by atoms with Crippen molar-refractivity contribution < 1.29 is 0 Å². The molecule has 0 amide bonds. The lowest BCUT2D eigenvalue weighted by Crippen LogP contribution is -2.51. The first-order chi connectivity index (χ1) is 6.77. The molecule has 0 aliphatic carbocycles. The van der Waals surface area contributed by atoms with Gasteiger partial charge in [0.25, 0.3) is 0 Å². The molecule has 0 bridgehead atoms. The van der Waals surface area contributed by atoms with Gasteiger partial charge in [-0.25, -0.2) is 0 Å². The first kappa shape index (κ1) is 13.9. The molecule has 2 nitrogen and oxygen atoms in total. The smallest absolute Gasteiger partial charge is 0.0223 e. The summed E-state index contributed by atoms with van der Waals surface area (Å²) in [6.07, 6.45) is 2.67. The predicted octanol–water partition coefficient (Wildman–Crippen LogP) is 2.45. The van der Waals surface area contributed by atoms with Crippen LogP contribution in [-0.2, 0) is 0 Å². The van der Waals surface area contributed by atoms with E-state index in [0.29, 0.717) is 0 Å². The van der Waals surface area contributed by atoms with E-state index in [2.05, 4.69) is 30.7 Å². The number of piperazine rings is 1. The second-order valence-corrected chi connectivity index (χ2v) is 3.83. The summed E-state index contributed by atoms with van der Waals surface area (Å²) in [5.74, 6) is 0. The lowest BCUT2D eigenvalue weighted by molar-refractivity contribution is 0.0893. The van der Waals surface area contributed by atoms with Gasteiger partial charge in [0.15, 0.2) is 0 Å². The molecule has 0 N–H and O–H groups in total. The minimum atomic E-state index is 0.818. The Morgan fingerprint density at radius 3 is 2.29 bits per heavy atom. The normalized spacial score (nSPS) is 24.2. The highest BCUT2D eigenvalue weighted by molar-refractivity contribution is 4.79. The van der Waals surface area contributed by atoms with Gasteiger partial charge in [0, 0.05) is 25.7 Å². The molecule has 0 aromatic heterocycles. The minimum absolute atomic E-state index is 0.818. The Balaban J connectivity index is 0.000000791. The molecule has 1 atom stereocenters. The van der Waals surface area contributed by atoms with E-state index in [0.717, 1.165) is 6.04 Å². The molecule has 0 saturated carbocycles. The van der Waals surface area contributed by atoms with Crippen molar-refractivity contribution in [3.63, 3.8) is 0 Å². The second kappa shape index (κ2) is 8.25. The van der Waals surface area contributed by atoms with Crippen LogP contribution in [0.2, 0.25) is 0 Å². The van der Waals surface area contributed by atoms with Gasteiger partial charge in [-0.05, 0) is 20.0 Å². The fourth-order valence-corrected chi connectivity index (χ4v) is 2.07. The standard InChI is InChI=1S/C10H22N2.C2H6/c1-4-6-10-9-11(3)7-8-12(10)5-2;1-2/h10H,4-9H2,1-3H3;1-2H3. The topological polar surface area (TPSA) is 6.48 Å². The van der Waals surface area contributed by atoms with Crippen LogP contribution in [0.3, 0.4) is 0 Å². The summed E-state index contributed by atoms with van der Waals surface area (Å²) >= 11 is 0. The summed E-state index contributed by atoms with van der Waals surface area (Å²) in [6, 6.07) is 0.818. The van der Waals surface area contributed by atoms with Gasteiger partial charge in [-0.3, -0.25) is 4.90 Å². The van der Waals surface area contributed by atoms with Crippen LogP contribution in [0.4, 0.5) is 0 Å². The van der Waals surface area contributed by atoms with Crippen molar-refractivity contribution in [3.8, 4) is 0 Å². The average Bonchev–Trinajstić information content (AvgIpc) is 2.22. The van der Waals surface area contributed by atoms with Gasteiger partial charge in [-0.2, -0.15) is 0 Å². The van der Waals surface area contributed by atoms with E-state index in [9.17, 15) is 0 Å². The highest BCUT2D eigenvalue weighted by atomic mass is 15.3. The van der Waals surface area contributed by atoms with Crippen LogP contribution in [0, 0.1) is 0 Å². The summed E-state index contributed by atoms with van der Waals surface area (Å²) in [5.41, 5.74) is 0. The zero-order valence-corrected chi connectivity index (χ0v) is 10.7. The molecule has 14 heavy (non-hydrogen) atoms. The Morgan fingerprint density at radius 2 is 1.79 bits per heavy atom. The molecule has 1 saturated heterocycles. The van der Waals surface area contributed by atoms with Crippen LogP contribution >= 0.6 is 0 Å². The zero-order valence-electron chi connectivity index (χ0n) is 10.7. The number of hydrogen-bond acceptors (Lipinski definition) is 2. The van der Waals surface area contributed by atoms with Gasteiger partial charge in [-0.15, -0.1) is 0 Å². The number of rotatable bonds is 3. The van der Waals surface area contributed by atoms with Crippen molar-refractivity contribution in [1.82, 2.24) is 9.80 Å². The summed E-state index contributed by atoms with van der Waals surface area (Å²) in [6.45, 7) is 13.5. The summed E-state index contributed by atoms with van der Waals surface area (Å²) in [4.78, 5) is 5.07. The molecule has 1 unspecified atom stereocenters. The fourth-order valence-electron chi connectivity index (χ4n) is 2.07. The van der Waals surface area contributed by atoms with Crippen LogP contribution in [0.1, 0.15) is 40.5 Å². The molecule has 1 aliphatic heterocycles. The highest BCUT2D eigenvalue weighted by Crippen LogP contribution is 2.12. The average molecular weight is 200 g/mol. The lowest BCUT2D eigenvalue weighted by Gasteiger charge is -2.39. The number of likely N-dealkylation sites (N-methyl/N-ethyl adjacent to an activating group) is 2. The van der Waals surface area contributed by atoms with E-state index in [1.165, 1.54) is 39.0 Å². The molecule has 1 fully saturated rings. The highest BCUT2D eigenvalue weighted by Gasteiger charge is 2.22. The molecular weight excluding hydrogens is 172 g/mol. The zero-order chi connectivity index (χ0) is 11.0. The van der Waals surface area contributed by atoms with Crippen molar-refractivity contribution >= 4 is 0 Å². The first-order valence-electron chi connectivity index (χ1n) is 6.20. The van der Waals surface area contributed by atoms with Crippen LogP contribution in [0.25, 0.3) is 0 Å².